The summed E-state index contributed by atoms with van der Waals surface area (Å²) in [6, 6.07) is 11.2. The molecule has 4 rings (SSSR count). The van der Waals surface area contributed by atoms with E-state index in [0.717, 1.165) is 18.6 Å². The van der Waals surface area contributed by atoms with Gasteiger partial charge in [0.1, 0.15) is 0 Å². The monoisotopic (exact) mass is 228 g/mol. The van der Waals surface area contributed by atoms with Gasteiger partial charge < -0.3 is 5.32 Å². The first-order valence-corrected chi connectivity index (χ1v) is 7.00. The number of hydrogen-bond acceptors (Lipinski definition) is 2. The maximum Gasteiger partial charge on any atom is 0.0483 e. The number of hydrogen-bond donors (Lipinski definition) is 1. The Bertz CT molecular complexity index is 429. The summed E-state index contributed by atoms with van der Waals surface area (Å²) in [4.78, 5) is 2.77. The maximum atomic E-state index is 3.79. The van der Waals surface area contributed by atoms with Crippen molar-refractivity contribution in [1.82, 2.24) is 10.2 Å². The summed E-state index contributed by atoms with van der Waals surface area (Å²) < 4.78 is 0. The van der Waals surface area contributed by atoms with Crippen LogP contribution in [0, 0.1) is 0 Å². The Morgan fingerprint density at radius 1 is 1.12 bits per heavy atom. The molecule has 0 spiro atoms. The molecule has 3 atom stereocenters. The van der Waals surface area contributed by atoms with E-state index in [-0.39, 0.29) is 0 Å². The fourth-order valence-electron chi connectivity index (χ4n) is 4.07. The van der Waals surface area contributed by atoms with Crippen LogP contribution >= 0.6 is 0 Å². The third-order valence-corrected chi connectivity index (χ3v) is 4.90. The van der Waals surface area contributed by atoms with Crippen molar-refractivity contribution >= 4 is 0 Å². The summed E-state index contributed by atoms with van der Waals surface area (Å²) in [7, 11) is 0. The Hall–Kier alpha value is -0.860. The second-order valence-corrected chi connectivity index (χ2v) is 5.75. The van der Waals surface area contributed by atoms with Crippen molar-refractivity contribution in [2.45, 2.75) is 50.4 Å². The minimum absolute atomic E-state index is 0.644. The Morgan fingerprint density at radius 2 is 2.00 bits per heavy atom. The average Bonchev–Trinajstić information content (AvgIpc) is 2.78. The Kier molecular flexibility index (Phi) is 2.27. The van der Waals surface area contributed by atoms with Crippen LogP contribution in [-0.4, -0.2) is 23.5 Å². The lowest BCUT2D eigenvalue weighted by Crippen LogP contribution is -2.58. The summed E-state index contributed by atoms with van der Waals surface area (Å²) in [6.45, 7) is 2.34. The van der Waals surface area contributed by atoms with Crippen LogP contribution in [0.4, 0.5) is 0 Å². The van der Waals surface area contributed by atoms with Gasteiger partial charge in [0.25, 0.3) is 0 Å². The fourth-order valence-corrected chi connectivity index (χ4v) is 4.07. The van der Waals surface area contributed by atoms with Gasteiger partial charge in [0.05, 0.1) is 0 Å². The molecule has 3 aliphatic rings. The number of fused-ring (bicyclic) bond motifs is 5. The normalized spacial score (nSPS) is 36.1. The van der Waals surface area contributed by atoms with Crippen molar-refractivity contribution in [3.8, 4) is 0 Å². The smallest absolute Gasteiger partial charge is 0.0483 e. The Morgan fingerprint density at radius 3 is 3.00 bits per heavy atom. The second kappa shape index (κ2) is 3.82. The lowest BCUT2D eigenvalue weighted by Gasteiger charge is -2.46. The van der Waals surface area contributed by atoms with Gasteiger partial charge in [0, 0.05) is 31.2 Å². The Balaban J connectivity index is 1.68. The minimum atomic E-state index is 0.644. The zero-order valence-electron chi connectivity index (χ0n) is 10.2. The number of rotatable bonds is 0. The molecule has 1 aromatic carbocycles. The molecule has 3 unspecified atom stereocenters. The molecule has 17 heavy (non-hydrogen) atoms. The summed E-state index contributed by atoms with van der Waals surface area (Å²) in [5.74, 6) is 0. The first-order valence-electron chi connectivity index (χ1n) is 7.00. The van der Waals surface area contributed by atoms with Crippen molar-refractivity contribution < 1.29 is 0 Å². The highest BCUT2D eigenvalue weighted by Gasteiger charge is 2.42. The number of piperazine rings is 1. The van der Waals surface area contributed by atoms with Gasteiger partial charge in [-0.2, -0.15) is 0 Å². The molecule has 90 valence electrons. The van der Waals surface area contributed by atoms with E-state index in [4.69, 9.17) is 0 Å². The van der Waals surface area contributed by atoms with Crippen LogP contribution in [0.5, 0.6) is 0 Å². The fraction of sp³-hybridized carbons (Fsp3) is 0.600. The van der Waals surface area contributed by atoms with Crippen molar-refractivity contribution in [2.24, 2.45) is 0 Å². The van der Waals surface area contributed by atoms with Crippen LogP contribution in [0.15, 0.2) is 24.3 Å². The first-order chi connectivity index (χ1) is 8.43. The topological polar surface area (TPSA) is 15.3 Å². The highest BCUT2D eigenvalue weighted by molar-refractivity contribution is 5.35. The number of nitrogens with one attached hydrogen (secondary N) is 1. The first kappa shape index (κ1) is 10.1. The lowest BCUT2D eigenvalue weighted by molar-refractivity contribution is 0.0467. The van der Waals surface area contributed by atoms with E-state index < -0.39 is 0 Å². The van der Waals surface area contributed by atoms with Gasteiger partial charge in [-0.05, 0) is 24.0 Å². The van der Waals surface area contributed by atoms with Crippen molar-refractivity contribution in [3.05, 3.63) is 35.4 Å². The molecule has 2 fully saturated rings. The van der Waals surface area contributed by atoms with Crippen molar-refractivity contribution in [1.29, 1.82) is 0 Å². The van der Waals surface area contributed by atoms with Crippen LogP contribution in [0.25, 0.3) is 0 Å². The molecule has 0 bridgehead atoms. The zero-order chi connectivity index (χ0) is 11.2. The van der Waals surface area contributed by atoms with Gasteiger partial charge in [0.2, 0.25) is 0 Å². The van der Waals surface area contributed by atoms with Crippen molar-refractivity contribution in [3.63, 3.8) is 0 Å². The van der Waals surface area contributed by atoms with Crippen LogP contribution in [-0.2, 0) is 6.54 Å². The van der Waals surface area contributed by atoms with E-state index in [2.05, 4.69) is 34.5 Å². The van der Waals surface area contributed by atoms with Crippen molar-refractivity contribution in [2.75, 3.05) is 6.54 Å². The number of nitrogens with zero attached hydrogens (tertiary/aromatic N) is 1. The molecular weight excluding hydrogens is 208 g/mol. The molecule has 2 nitrogen and oxygen atoms in total. The van der Waals surface area contributed by atoms with Crippen LogP contribution in [0.3, 0.4) is 0 Å². The van der Waals surface area contributed by atoms with E-state index in [9.17, 15) is 0 Å². The standard InChI is InChI=1S/C15H20N2/c1-2-6-12-11(5-1)10-17-14-8-4-3-7-13(14)16-9-15(12)17/h1-2,5-6,13-16H,3-4,7-10H2. The van der Waals surface area contributed by atoms with E-state index in [0.29, 0.717) is 6.04 Å². The number of benzene rings is 1. The molecule has 1 saturated carbocycles. The quantitative estimate of drug-likeness (QED) is 0.734. The Labute approximate surface area is 103 Å². The zero-order valence-corrected chi connectivity index (χ0v) is 10.2. The molecule has 2 heterocycles. The van der Waals surface area contributed by atoms with Crippen LogP contribution < -0.4 is 5.32 Å². The molecule has 1 aromatic rings. The minimum Gasteiger partial charge on any atom is -0.311 e. The summed E-state index contributed by atoms with van der Waals surface area (Å²) in [6.07, 6.45) is 5.61. The van der Waals surface area contributed by atoms with Gasteiger partial charge in [-0.1, -0.05) is 37.1 Å². The predicted molar refractivity (Wildman–Crippen MR) is 68.8 cm³/mol. The molecule has 1 saturated heterocycles. The second-order valence-electron chi connectivity index (χ2n) is 5.75. The third kappa shape index (κ3) is 1.47. The lowest BCUT2D eigenvalue weighted by atomic mass is 9.86. The van der Waals surface area contributed by atoms with E-state index in [1.54, 1.807) is 11.1 Å². The molecule has 1 aliphatic carbocycles. The van der Waals surface area contributed by atoms with Crippen LogP contribution in [0.1, 0.15) is 42.9 Å². The maximum absolute atomic E-state index is 3.79. The molecule has 0 aromatic heterocycles. The van der Waals surface area contributed by atoms with Gasteiger partial charge >= 0.3 is 0 Å². The summed E-state index contributed by atoms with van der Waals surface area (Å²) in [5.41, 5.74) is 3.13. The predicted octanol–water partition coefficient (Wildman–Crippen LogP) is 2.46. The molecule has 0 radical (unpaired) electrons. The van der Waals surface area contributed by atoms with Gasteiger partial charge in [-0.3, -0.25) is 4.90 Å². The van der Waals surface area contributed by atoms with Gasteiger partial charge in [-0.25, -0.2) is 0 Å². The average molecular weight is 228 g/mol. The van der Waals surface area contributed by atoms with E-state index in [1.165, 1.54) is 32.2 Å². The van der Waals surface area contributed by atoms with E-state index >= 15 is 0 Å². The molecule has 1 N–H and O–H groups in total. The molecule has 0 amide bonds. The van der Waals surface area contributed by atoms with Crippen LogP contribution in [0.2, 0.25) is 0 Å². The summed E-state index contributed by atoms with van der Waals surface area (Å²) >= 11 is 0. The third-order valence-electron chi connectivity index (χ3n) is 4.90. The molecule has 2 aliphatic heterocycles. The summed E-state index contributed by atoms with van der Waals surface area (Å²) in [5, 5.41) is 3.79. The molecular formula is C15H20N2. The molecule has 2 heteroatoms. The van der Waals surface area contributed by atoms with Gasteiger partial charge in [0.15, 0.2) is 0 Å². The SMILES string of the molecule is c1ccc2c(c1)CN1C2CNC2CCCCC21. The van der Waals surface area contributed by atoms with Gasteiger partial charge in [-0.15, -0.1) is 0 Å². The highest BCUT2D eigenvalue weighted by atomic mass is 15.3. The van der Waals surface area contributed by atoms with E-state index in [1.807, 2.05) is 0 Å². The largest absolute Gasteiger partial charge is 0.311 e. The highest BCUT2D eigenvalue weighted by Crippen LogP contribution is 2.40.